The monoisotopic (exact) mass is 941 g/mol. The number of allylic oxidation sites excluding steroid dienone is 9. The number of hydrogen-bond donors (Lipinski definition) is 6. The van der Waals surface area contributed by atoms with Gasteiger partial charge < -0.3 is 39.9 Å². The van der Waals surface area contributed by atoms with E-state index in [2.05, 4.69) is 62.5 Å². The minimum absolute atomic E-state index is 0.131. The second kappa shape index (κ2) is 42.2. The highest BCUT2D eigenvalue weighted by Gasteiger charge is 2.51. The van der Waals surface area contributed by atoms with Gasteiger partial charge in [-0.1, -0.05) is 209 Å². The molecular formula is C52H93O12P. The van der Waals surface area contributed by atoms with E-state index in [9.17, 15) is 39.8 Å². The Balaban J connectivity index is 2.36. The Morgan fingerprint density at radius 2 is 0.877 bits per heavy atom. The molecule has 0 heterocycles. The molecule has 6 atom stereocenters. The Kier molecular flexibility index (Phi) is 39.6. The normalized spacial score (nSPS) is 22.0. The van der Waals surface area contributed by atoms with E-state index in [0.717, 1.165) is 51.4 Å². The van der Waals surface area contributed by atoms with Gasteiger partial charge in [0.15, 0.2) is 0 Å². The SMILES string of the molecule is CC/C=C\C/C=C\C/C=C\C/C=C\C/C=C\CCOCC(COP(=O)(O)OC1C(O)C(O)C(O)C(O)C1O)OC(=O)CCCCCCCCCCCCCCCCCCCCCCCC. The minimum atomic E-state index is -5.04. The lowest BCUT2D eigenvalue weighted by Crippen LogP contribution is -2.64. The molecule has 0 bridgehead atoms. The smallest absolute Gasteiger partial charge is 0.457 e. The number of esters is 1. The van der Waals surface area contributed by atoms with Crippen LogP contribution in [-0.2, 0) is 27.9 Å². The zero-order valence-electron chi connectivity index (χ0n) is 40.5. The summed E-state index contributed by atoms with van der Waals surface area (Å²) in [5, 5.41) is 50.3. The molecule has 0 spiro atoms. The average Bonchev–Trinajstić information content (AvgIpc) is 3.29. The van der Waals surface area contributed by atoms with E-state index in [1.165, 1.54) is 116 Å². The van der Waals surface area contributed by atoms with Crippen LogP contribution in [0.4, 0.5) is 0 Å². The van der Waals surface area contributed by atoms with Crippen LogP contribution in [0.15, 0.2) is 60.8 Å². The molecule has 1 aliphatic rings. The van der Waals surface area contributed by atoms with Crippen LogP contribution in [0.1, 0.15) is 200 Å². The van der Waals surface area contributed by atoms with Gasteiger partial charge in [-0.25, -0.2) is 4.57 Å². The maximum Gasteiger partial charge on any atom is 0.472 e. The van der Waals surface area contributed by atoms with Crippen molar-refractivity contribution < 1.29 is 58.3 Å². The summed E-state index contributed by atoms with van der Waals surface area (Å²) in [6.07, 6.45) is 41.8. The molecule has 1 rings (SSSR count). The summed E-state index contributed by atoms with van der Waals surface area (Å²) in [5.41, 5.74) is 0. The van der Waals surface area contributed by atoms with E-state index in [1.807, 2.05) is 12.2 Å². The Morgan fingerprint density at radius 3 is 1.29 bits per heavy atom. The number of carbonyl (C=O) groups is 1. The van der Waals surface area contributed by atoms with Gasteiger partial charge in [0.2, 0.25) is 0 Å². The second-order valence-electron chi connectivity index (χ2n) is 17.6. The highest BCUT2D eigenvalue weighted by atomic mass is 31.2. The van der Waals surface area contributed by atoms with Gasteiger partial charge in [0.25, 0.3) is 0 Å². The first-order valence-corrected chi connectivity index (χ1v) is 27.1. The van der Waals surface area contributed by atoms with Crippen molar-refractivity contribution >= 4 is 13.8 Å². The van der Waals surface area contributed by atoms with Crippen molar-refractivity contribution in [1.29, 1.82) is 0 Å². The molecule has 6 unspecified atom stereocenters. The zero-order valence-corrected chi connectivity index (χ0v) is 41.4. The summed E-state index contributed by atoms with van der Waals surface area (Å²) < 4.78 is 34.1. The van der Waals surface area contributed by atoms with Gasteiger partial charge in [-0.05, 0) is 44.9 Å². The van der Waals surface area contributed by atoms with Crippen molar-refractivity contribution in [2.24, 2.45) is 0 Å². The van der Waals surface area contributed by atoms with E-state index >= 15 is 0 Å². The van der Waals surface area contributed by atoms with Gasteiger partial charge in [-0.15, -0.1) is 0 Å². The fraction of sp³-hybridized carbons (Fsp3) is 0.788. The van der Waals surface area contributed by atoms with Gasteiger partial charge in [0.05, 0.1) is 19.8 Å². The molecule has 13 heteroatoms. The molecule has 65 heavy (non-hydrogen) atoms. The van der Waals surface area contributed by atoms with Crippen molar-refractivity contribution in [2.45, 2.75) is 243 Å². The van der Waals surface area contributed by atoms with Crippen LogP contribution in [0.5, 0.6) is 0 Å². The van der Waals surface area contributed by atoms with Crippen molar-refractivity contribution in [3.05, 3.63) is 60.8 Å². The predicted octanol–water partition coefficient (Wildman–Crippen LogP) is 11.4. The van der Waals surface area contributed by atoms with E-state index in [0.29, 0.717) is 19.4 Å². The van der Waals surface area contributed by atoms with Crippen LogP contribution < -0.4 is 0 Å². The largest absolute Gasteiger partial charge is 0.472 e. The summed E-state index contributed by atoms with van der Waals surface area (Å²) in [7, 11) is -5.04. The van der Waals surface area contributed by atoms with Gasteiger partial charge in [-0.2, -0.15) is 0 Å². The first kappa shape index (κ1) is 61.1. The van der Waals surface area contributed by atoms with Crippen LogP contribution in [0, 0.1) is 0 Å². The predicted molar refractivity (Wildman–Crippen MR) is 262 cm³/mol. The fourth-order valence-corrected chi connectivity index (χ4v) is 8.63. The number of carbonyl (C=O) groups excluding carboxylic acids is 1. The molecule has 1 saturated carbocycles. The van der Waals surface area contributed by atoms with Crippen molar-refractivity contribution in [3.63, 3.8) is 0 Å². The lowest BCUT2D eigenvalue weighted by Gasteiger charge is -2.41. The maximum atomic E-state index is 12.8. The second-order valence-corrected chi connectivity index (χ2v) is 19.1. The molecule has 0 saturated heterocycles. The van der Waals surface area contributed by atoms with Crippen LogP contribution in [0.3, 0.4) is 0 Å². The molecule has 0 aromatic heterocycles. The third-order valence-electron chi connectivity index (χ3n) is 11.7. The summed E-state index contributed by atoms with van der Waals surface area (Å²) in [4.78, 5) is 23.2. The van der Waals surface area contributed by atoms with Crippen LogP contribution in [0.25, 0.3) is 0 Å². The summed E-state index contributed by atoms with van der Waals surface area (Å²) in [5.74, 6) is -0.500. The molecule has 0 aliphatic heterocycles. The van der Waals surface area contributed by atoms with Crippen molar-refractivity contribution in [2.75, 3.05) is 19.8 Å². The highest BCUT2D eigenvalue weighted by molar-refractivity contribution is 7.47. The minimum Gasteiger partial charge on any atom is -0.457 e. The molecular weight excluding hydrogens is 848 g/mol. The average molecular weight is 941 g/mol. The molecule has 1 aliphatic carbocycles. The Bertz CT molecular complexity index is 1300. The topological polar surface area (TPSA) is 192 Å². The lowest BCUT2D eigenvalue weighted by molar-refractivity contribution is -0.220. The Labute approximate surface area is 394 Å². The van der Waals surface area contributed by atoms with E-state index in [4.69, 9.17) is 18.5 Å². The van der Waals surface area contributed by atoms with Crippen molar-refractivity contribution in [1.82, 2.24) is 0 Å². The number of rotatable bonds is 43. The molecule has 12 nitrogen and oxygen atoms in total. The number of hydrogen-bond acceptors (Lipinski definition) is 11. The van der Waals surface area contributed by atoms with E-state index in [1.54, 1.807) is 0 Å². The molecule has 0 aromatic carbocycles. The summed E-state index contributed by atoms with van der Waals surface area (Å²) in [6, 6.07) is 0. The summed E-state index contributed by atoms with van der Waals surface area (Å²) >= 11 is 0. The molecule has 378 valence electrons. The Hall–Kier alpha value is -1.96. The van der Waals surface area contributed by atoms with Crippen molar-refractivity contribution in [3.8, 4) is 0 Å². The van der Waals surface area contributed by atoms with Crippen LogP contribution >= 0.6 is 7.82 Å². The van der Waals surface area contributed by atoms with Gasteiger partial charge in [0, 0.05) is 6.42 Å². The summed E-state index contributed by atoms with van der Waals surface area (Å²) in [6.45, 7) is 3.96. The Morgan fingerprint density at radius 1 is 0.508 bits per heavy atom. The number of aliphatic hydroxyl groups is 5. The third kappa shape index (κ3) is 34.1. The van der Waals surface area contributed by atoms with Gasteiger partial charge >= 0.3 is 13.8 Å². The fourth-order valence-electron chi connectivity index (χ4n) is 7.66. The molecule has 1 fully saturated rings. The zero-order chi connectivity index (χ0) is 47.6. The quantitative estimate of drug-likeness (QED) is 0.0147. The van der Waals surface area contributed by atoms with Gasteiger partial charge in [0.1, 0.15) is 42.7 Å². The number of unbranched alkanes of at least 4 members (excludes halogenated alkanes) is 21. The highest BCUT2D eigenvalue weighted by Crippen LogP contribution is 2.47. The first-order valence-electron chi connectivity index (χ1n) is 25.6. The van der Waals surface area contributed by atoms with Crippen LogP contribution in [-0.4, -0.2) is 98.9 Å². The first-order chi connectivity index (χ1) is 31.5. The third-order valence-corrected chi connectivity index (χ3v) is 12.7. The standard InChI is InChI=1S/C52H93O12P/c1-3-5-7-9-11-13-15-17-19-21-22-23-24-25-26-27-29-31-33-35-37-39-41-46(53)63-45(44-62-65(59,60)64-52-50(57)48(55)47(54)49(56)51(52)58)43-61-42-40-38-36-34-32-30-28-20-18-16-14-12-10-8-6-4-2/h6,8,12,14,18,20,30,32,36,38,45,47-52,54-58H,3-5,7,9-11,13,15-17,19,21-29,31,33-35,37,39-44H2,1-2H3,(H,59,60)/b8-6-,14-12-,20-18-,32-30-,38-36-. The lowest BCUT2D eigenvalue weighted by atomic mass is 9.85. The maximum absolute atomic E-state index is 12.8. The number of ether oxygens (including phenoxy) is 2. The number of phosphoric ester groups is 1. The van der Waals surface area contributed by atoms with E-state index < -0.39 is 63.1 Å². The number of aliphatic hydroxyl groups excluding tert-OH is 5. The number of phosphoric acid groups is 1. The van der Waals surface area contributed by atoms with E-state index in [-0.39, 0.29) is 13.0 Å². The molecule has 0 radical (unpaired) electrons. The molecule has 6 N–H and O–H groups in total. The molecule has 0 amide bonds. The van der Waals surface area contributed by atoms with Gasteiger partial charge in [-0.3, -0.25) is 13.8 Å². The molecule has 0 aromatic rings. The van der Waals surface area contributed by atoms with Crippen LogP contribution in [0.2, 0.25) is 0 Å².